The van der Waals surface area contributed by atoms with Crippen LogP contribution in [0.25, 0.3) is 111 Å². The molecule has 4 heteroatoms. The minimum Gasteiger partial charge on any atom is -0.307 e. The number of para-hydroxylation sites is 3. The van der Waals surface area contributed by atoms with Gasteiger partial charge in [0.25, 0.3) is 0 Å². The van der Waals surface area contributed by atoms with Crippen molar-refractivity contribution in [3.8, 4) is 67.5 Å². The van der Waals surface area contributed by atoms with Crippen molar-refractivity contribution in [3.05, 3.63) is 231 Å². The molecule has 9 aromatic carbocycles. The monoisotopic (exact) mass is 790 g/mol. The van der Waals surface area contributed by atoms with Crippen molar-refractivity contribution in [2.45, 2.75) is 0 Å². The zero-order chi connectivity index (χ0) is 41.0. The van der Waals surface area contributed by atoms with Gasteiger partial charge in [-0.2, -0.15) is 0 Å². The lowest BCUT2D eigenvalue weighted by Crippen LogP contribution is -1.99. The highest BCUT2D eigenvalue weighted by atomic mass is 15.0. The Morgan fingerprint density at radius 1 is 0.258 bits per heavy atom. The summed E-state index contributed by atoms with van der Waals surface area (Å²) in [6.07, 6.45) is 0. The van der Waals surface area contributed by atoms with Crippen molar-refractivity contribution in [3.63, 3.8) is 0 Å². The first-order valence-electron chi connectivity index (χ1n) is 21.1. The third kappa shape index (κ3) is 6.00. The highest BCUT2D eigenvalue weighted by Crippen LogP contribution is 2.42. The second-order valence-electron chi connectivity index (χ2n) is 15.8. The van der Waals surface area contributed by atoms with Gasteiger partial charge >= 0.3 is 0 Å². The first kappa shape index (κ1) is 35.6. The molecular weight excluding hydrogens is 753 g/mol. The summed E-state index contributed by atoms with van der Waals surface area (Å²) in [5.41, 5.74) is 16.5. The fourth-order valence-corrected chi connectivity index (χ4v) is 9.17. The van der Waals surface area contributed by atoms with Gasteiger partial charge in [-0.3, -0.25) is 0 Å². The summed E-state index contributed by atoms with van der Waals surface area (Å²) in [5, 5.41) is 4.91. The van der Waals surface area contributed by atoms with Crippen LogP contribution in [0.5, 0.6) is 0 Å². The van der Waals surface area contributed by atoms with Crippen molar-refractivity contribution in [2.24, 2.45) is 0 Å². The van der Waals surface area contributed by atoms with Crippen LogP contribution < -0.4 is 0 Å². The molecule has 3 aromatic heterocycles. The van der Waals surface area contributed by atoms with Crippen LogP contribution in [-0.2, 0) is 0 Å². The van der Waals surface area contributed by atoms with E-state index in [1.165, 1.54) is 60.3 Å². The predicted octanol–water partition coefficient (Wildman–Crippen LogP) is 15.0. The SMILES string of the molecule is c1ccc(-c2ccc(-c3ccc(-c4nc(-c5ccccc5)cc(-c5ccc(-n6c7ccccc7c7ccc8c9ccccc9n(-c9ccccc9)c8c76)cc5)n4)cc3)cc2)cc1. The van der Waals surface area contributed by atoms with Gasteiger partial charge in [-0.15, -0.1) is 0 Å². The fraction of sp³-hybridized carbons (Fsp3) is 0. The first-order valence-corrected chi connectivity index (χ1v) is 21.1. The van der Waals surface area contributed by atoms with E-state index in [4.69, 9.17) is 9.97 Å². The van der Waals surface area contributed by atoms with E-state index in [1.54, 1.807) is 0 Å². The van der Waals surface area contributed by atoms with Crippen molar-refractivity contribution in [2.75, 3.05) is 0 Å². The van der Waals surface area contributed by atoms with Crippen LogP contribution in [0.4, 0.5) is 0 Å². The Hall–Kier alpha value is -8.34. The van der Waals surface area contributed by atoms with Crippen LogP contribution in [0, 0.1) is 0 Å². The van der Waals surface area contributed by atoms with E-state index in [1.807, 2.05) is 6.07 Å². The van der Waals surface area contributed by atoms with Gasteiger partial charge in [-0.25, -0.2) is 9.97 Å². The summed E-state index contributed by atoms with van der Waals surface area (Å²) < 4.78 is 4.87. The van der Waals surface area contributed by atoms with Crippen LogP contribution in [0.3, 0.4) is 0 Å². The second kappa shape index (κ2) is 14.7. The highest BCUT2D eigenvalue weighted by Gasteiger charge is 2.21. The van der Waals surface area contributed by atoms with Gasteiger partial charge in [0.05, 0.1) is 33.5 Å². The predicted molar refractivity (Wildman–Crippen MR) is 258 cm³/mol. The number of aromatic nitrogens is 4. The second-order valence-corrected chi connectivity index (χ2v) is 15.8. The summed E-state index contributed by atoms with van der Waals surface area (Å²) in [6.45, 7) is 0. The highest BCUT2D eigenvalue weighted by molar-refractivity contribution is 6.23. The molecule has 0 fully saturated rings. The van der Waals surface area contributed by atoms with Gasteiger partial charge in [0.2, 0.25) is 0 Å². The van der Waals surface area contributed by atoms with Crippen molar-refractivity contribution >= 4 is 43.6 Å². The molecule has 0 saturated carbocycles. The lowest BCUT2D eigenvalue weighted by Gasteiger charge is -2.13. The van der Waals surface area contributed by atoms with Crippen molar-refractivity contribution < 1.29 is 0 Å². The molecule has 3 heterocycles. The summed E-state index contributed by atoms with van der Waals surface area (Å²) in [4.78, 5) is 10.4. The van der Waals surface area contributed by atoms with Gasteiger partial charge in [-0.05, 0) is 64.7 Å². The van der Waals surface area contributed by atoms with Crippen molar-refractivity contribution in [1.82, 2.24) is 19.1 Å². The maximum absolute atomic E-state index is 5.23. The third-order valence-corrected chi connectivity index (χ3v) is 12.2. The van der Waals surface area contributed by atoms with Crippen LogP contribution in [-0.4, -0.2) is 19.1 Å². The van der Waals surface area contributed by atoms with E-state index >= 15 is 0 Å². The molecule has 62 heavy (non-hydrogen) atoms. The molecule has 12 aromatic rings. The molecule has 0 N–H and O–H groups in total. The largest absolute Gasteiger partial charge is 0.307 e. The lowest BCUT2D eigenvalue weighted by atomic mass is 9.99. The van der Waals surface area contributed by atoms with E-state index in [0.29, 0.717) is 5.82 Å². The molecule has 0 amide bonds. The molecular formula is C58H38N4. The number of hydrogen-bond donors (Lipinski definition) is 0. The molecule has 12 rings (SSSR count). The Morgan fingerprint density at radius 3 is 1.11 bits per heavy atom. The van der Waals surface area contributed by atoms with E-state index in [-0.39, 0.29) is 0 Å². The number of hydrogen-bond acceptors (Lipinski definition) is 2. The molecule has 0 aliphatic rings. The summed E-state index contributed by atoms with van der Waals surface area (Å²) in [5.74, 6) is 0.690. The van der Waals surface area contributed by atoms with E-state index in [0.717, 1.165) is 45.0 Å². The molecule has 4 nitrogen and oxygen atoms in total. The lowest BCUT2D eigenvalue weighted by molar-refractivity contribution is 1.15. The van der Waals surface area contributed by atoms with Gasteiger partial charge in [0.15, 0.2) is 5.82 Å². The number of fused-ring (bicyclic) bond motifs is 7. The average Bonchev–Trinajstić information content (AvgIpc) is 3.88. The molecule has 0 spiro atoms. The number of benzene rings is 9. The molecule has 0 bridgehead atoms. The molecule has 0 aliphatic heterocycles. The zero-order valence-electron chi connectivity index (χ0n) is 33.7. The van der Waals surface area contributed by atoms with Gasteiger partial charge < -0.3 is 9.13 Å². The standard InChI is InChI=1S/C58H38N4/c1-4-14-39(15-5-1)40-24-26-41(27-25-40)42-28-30-45(31-29-42)58-59-52(43-16-6-2-7-17-43)38-53(60-58)44-32-34-47(35-33-44)62-55-23-13-11-21-49(55)51-37-36-50-48-20-10-12-22-54(48)61(56(50)57(51)62)46-18-8-3-9-19-46/h1-38H. The fourth-order valence-electron chi connectivity index (χ4n) is 9.17. The van der Waals surface area contributed by atoms with Gasteiger partial charge in [-0.1, -0.05) is 188 Å². The van der Waals surface area contributed by atoms with Crippen LogP contribution in [0.1, 0.15) is 0 Å². The van der Waals surface area contributed by atoms with Crippen LogP contribution >= 0.6 is 0 Å². The molecule has 0 unspecified atom stereocenters. The van der Waals surface area contributed by atoms with Crippen LogP contribution in [0.15, 0.2) is 231 Å². The molecule has 0 saturated heterocycles. The number of nitrogens with zero attached hydrogens (tertiary/aromatic N) is 4. The molecule has 0 atom stereocenters. The minimum absolute atomic E-state index is 0.690. The smallest absolute Gasteiger partial charge is 0.160 e. The topological polar surface area (TPSA) is 35.6 Å². The summed E-state index contributed by atoms with van der Waals surface area (Å²) in [6, 6.07) is 82.0. The van der Waals surface area contributed by atoms with E-state index in [2.05, 4.69) is 234 Å². The Bertz CT molecular complexity index is 3570. The Kier molecular flexibility index (Phi) is 8.46. The first-order chi connectivity index (χ1) is 30.7. The Labute approximate surface area is 359 Å². The van der Waals surface area contributed by atoms with E-state index in [9.17, 15) is 0 Å². The normalized spacial score (nSPS) is 11.5. The van der Waals surface area contributed by atoms with E-state index < -0.39 is 0 Å². The zero-order valence-corrected chi connectivity index (χ0v) is 33.7. The summed E-state index contributed by atoms with van der Waals surface area (Å²) >= 11 is 0. The van der Waals surface area contributed by atoms with Crippen LogP contribution in [0.2, 0.25) is 0 Å². The number of rotatable bonds is 7. The van der Waals surface area contributed by atoms with Crippen molar-refractivity contribution in [1.29, 1.82) is 0 Å². The molecule has 0 aliphatic carbocycles. The maximum Gasteiger partial charge on any atom is 0.160 e. The Morgan fingerprint density at radius 2 is 0.613 bits per heavy atom. The molecule has 0 radical (unpaired) electrons. The summed E-state index contributed by atoms with van der Waals surface area (Å²) in [7, 11) is 0. The van der Waals surface area contributed by atoms with Gasteiger partial charge in [0, 0.05) is 49.6 Å². The maximum atomic E-state index is 5.23. The quantitative estimate of drug-likeness (QED) is 0.161. The third-order valence-electron chi connectivity index (χ3n) is 12.2. The Balaban J connectivity index is 0.972. The van der Waals surface area contributed by atoms with Gasteiger partial charge in [0.1, 0.15) is 0 Å². The minimum atomic E-state index is 0.690. The molecule has 290 valence electrons. The average molecular weight is 791 g/mol.